The first kappa shape index (κ1) is 21.3. The van der Waals surface area contributed by atoms with Gasteiger partial charge in [0.2, 0.25) is 0 Å². The van der Waals surface area contributed by atoms with E-state index in [1.54, 1.807) is 7.11 Å². The number of Topliss-reactive ketones (excluding diaryl/α,β-unsaturated/α-hetero) is 1. The van der Waals surface area contributed by atoms with Crippen molar-refractivity contribution >= 4 is 11.8 Å². The maximum Gasteiger partial charge on any atom is 0.305 e. The van der Waals surface area contributed by atoms with Crippen LogP contribution in [0.2, 0.25) is 0 Å². The molecule has 150 valence electrons. The van der Waals surface area contributed by atoms with Crippen LogP contribution in [0.5, 0.6) is 5.75 Å². The first-order valence-corrected chi connectivity index (χ1v) is 9.56. The smallest absolute Gasteiger partial charge is 0.305 e. The van der Waals surface area contributed by atoms with Crippen molar-refractivity contribution < 1.29 is 19.1 Å². The Morgan fingerprint density at radius 1 is 1.30 bits per heavy atom. The van der Waals surface area contributed by atoms with Gasteiger partial charge in [-0.15, -0.1) is 0 Å². The molecule has 0 amide bonds. The van der Waals surface area contributed by atoms with Crippen molar-refractivity contribution in [3.8, 4) is 5.75 Å². The van der Waals surface area contributed by atoms with Crippen molar-refractivity contribution in [3.63, 3.8) is 0 Å². The van der Waals surface area contributed by atoms with Gasteiger partial charge in [0.15, 0.2) is 5.78 Å². The summed E-state index contributed by atoms with van der Waals surface area (Å²) in [5.41, 5.74) is 4.50. The van der Waals surface area contributed by atoms with E-state index in [-0.39, 0.29) is 30.3 Å². The summed E-state index contributed by atoms with van der Waals surface area (Å²) in [6, 6.07) is 7.89. The highest BCUT2D eigenvalue weighted by Crippen LogP contribution is 2.26. The molecule has 0 spiro atoms. The highest BCUT2D eigenvalue weighted by atomic mass is 16.5. The molecule has 2 N–H and O–H groups in total. The maximum absolute atomic E-state index is 12.5. The fourth-order valence-corrected chi connectivity index (χ4v) is 3.32. The van der Waals surface area contributed by atoms with Gasteiger partial charge in [-0.05, 0) is 18.9 Å². The Balaban J connectivity index is 1.90. The van der Waals surface area contributed by atoms with E-state index in [0.717, 1.165) is 30.9 Å². The molecule has 7 nitrogen and oxygen atoms in total. The second-order valence-electron chi connectivity index (χ2n) is 6.68. The number of hydrazine groups is 1. The zero-order valence-electron chi connectivity index (χ0n) is 16.5. The predicted octanol–water partition coefficient (Wildman–Crippen LogP) is 1.84. The number of benzene rings is 1. The van der Waals surface area contributed by atoms with Crippen molar-refractivity contribution in [3.05, 3.63) is 29.8 Å². The lowest BCUT2D eigenvalue weighted by atomic mass is 10.0. The van der Waals surface area contributed by atoms with Crippen molar-refractivity contribution in [2.45, 2.75) is 44.7 Å². The normalized spacial score (nSPS) is 18.7. The highest BCUT2D eigenvalue weighted by molar-refractivity contribution is 5.84. The van der Waals surface area contributed by atoms with Crippen LogP contribution < -0.4 is 15.5 Å². The third kappa shape index (κ3) is 6.30. The van der Waals surface area contributed by atoms with Crippen LogP contribution in [0.4, 0.5) is 0 Å². The second-order valence-corrected chi connectivity index (χ2v) is 6.68. The molecule has 27 heavy (non-hydrogen) atoms. The average Bonchev–Trinajstić information content (AvgIpc) is 2.71. The highest BCUT2D eigenvalue weighted by Gasteiger charge is 2.26. The molecule has 1 aromatic carbocycles. The molecule has 1 aliphatic rings. The van der Waals surface area contributed by atoms with Gasteiger partial charge in [0.25, 0.3) is 0 Å². The molecular formula is C20H31N3O4. The zero-order valence-corrected chi connectivity index (χ0v) is 16.5. The van der Waals surface area contributed by atoms with Crippen molar-refractivity contribution in [2.24, 2.45) is 0 Å². The number of carbonyl (C=O) groups excluding carboxylic acids is 2. The molecule has 1 aromatic rings. The monoisotopic (exact) mass is 377 g/mol. The van der Waals surface area contributed by atoms with E-state index < -0.39 is 0 Å². The average molecular weight is 377 g/mol. The Labute approximate surface area is 161 Å². The van der Waals surface area contributed by atoms with E-state index >= 15 is 0 Å². The Morgan fingerprint density at radius 2 is 2.07 bits per heavy atom. The van der Waals surface area contributed by atoms with E-state index in [4.69, 9.17) is 4.74 Å². The molecule has 1 heterocycles. The minimum atomic E-state index is -0.273. The maximum atomic E-state index is 12.5. The molecule has 7 heteroatoms. The molecular weight excluding hydrogens is 346 g/mol. The molecule has 0 aliphatic carbocycles. The second kappa shape index (κ2) is 11.0. The Hall–Kier alpha value is -1.96. The van der Waals surface area contributed by atoms with Gasteiger partial charge < -0.3 is 14.8 Å². The predicted molar refractivity (Wildman–Crippen MR) is 103 cm³/mol. The van der Waals surface area contributed by atoms with Gasteiger partial charge in [0, 0.05) is 38.0 Å². The van der Waals surface area contributed by atoms with Crippen LogP contribution in [0.1, 0.15) is 44.2 Å². The van der Waals surface area contributed by atoms with E-state index in [2.05, 4.69) is 26.6 Å². The summed E-state index contributed by atoms with van der Waals surface area (Å²) in [5.74, 6) is 0.724. The van der Waals surface area contributed by atoms with Gasteiger partial charge >= 0.3 is 5.97 Å². The molecule has 2 unspecified atom stereocenters. The number of para-hydroxylation sites is 1. The first-order chi connectivity index (χ1) is 13.1. The number of ketones is 1. The quantitative estimate of drug-likeness (QED) is 0.602. The number of carbonyl (C=O) groups is 2. The summed E-state index contributed by atoms with van der Waals surface area (Å²) < 4.78 is 10.1. The minimum absolute atomic E-state index is 0.133. The van der Waals surface area contributed by atoms with Crippen molar-refractivity contribution in [1.29, 1.82) is 0 Å². The van der Waals surface area contributed by atoms with Gasteiger partial charge in [-0.2, -0.15) is 0 Å². The Bertz CT molecular complexity index is 623. The molecule has 2 atom stereocenters. The van der Waals surface area contributed by atoms with Crippen LogP contribution in [-0.2, 0) is 14.3 Å². The Kier molecular flexibility index (Phi) is 8.71. The molecule has 0 bridgehead atoms. The van der Waals surface area contributed by atoms with E-state index in [1.807, 2.05) is 25.1 Å². The van der Waals surface area contributed by atoms with E-state index in [9.17, 15) is 9.59 Å². The SMILES string of the molecule is CCC(NN1CCNC(c2ccccc2OC)C1)C(=O)CCCC(=O)OC. The number of hydrogen-bond acceptors (Lipinski definition) is 7. The largest absolute Gasteiger partial charge is 0.496 e. The van der Waals surface area contributed by atoms with Gasteiger partial charge in [0.1, 0.15) is 5.75 Å². The van der Waals surface area contributed by atoms with Gasteiger partial charge in [-0.25, -0.2) is 10.4 Å². The van der Waals surface area contributed by atoms with Crippen LogP contribution in [0.25, 0.3) is 0 Å². The van der Waals surface area contributed by atoms with E-state index in [1.165, 1.54) is 7.11 Å². The zero-order chi connectivity index (χ0) is 19.6. The van der Waals surface area contributed by atoms with Crippen LogP contribution in [0.15, 0.2) is 24.3 Å². The molecule has 1 fully saturated rings. The molecule has 0 aromatic heterocycles. The summed E-state index contributed by atoms with van der Waals surface area (Å²) in [4.78, 5) is 23.7. The van der Waals surface area contributed by atoms with Crippen LogP contribution in [0.3, 0.4) is 0 Å². The summed E-state index contributed by atoms with van der Waals surface area (Å²) in [5, 5.41) is 5.63. The third-order valence-corrected chi connectivity index (χ3v) is 4.86. The standard InChI is InChI=1S/C20H31N3O4/c1-4-16(18(24)9-7-11-20(25)27-3)22-23-13-12-21-17(14-23)15-8-5-6-10-19(15)26-2/h5-6,8,10,16-17,21-22H,4,7,9,11-14H2,1-3H3. The number of rotatable bonds is 10. The first-order valence-electron chi connectivity index (χ1n) is 9.56. The lowest BCUT2D eigenvalue weighted by Gasteiger charge is -2.36. The number of nitrogens with zero attached hydrogens (tertiary/aromatic N) is 1. The molecule has 1 aliphatic heterocycles. The molecule has 1 saturated heterocycles. The Morgan fingerprint density at radius 3 is 2.78 bits per heavy atom. The van der Waals surface area contributed by atoms with Gasteiger partial charge in [0.05, 0.1) is 26.3 Å². The van der Waals surface area contributed by atoms with Crippen molar-refractivity contribution in [2.75, 3.05) is 33.9 Å². The number of methoxy groups -OCH3 is 2. The fraction of sp³-hybridized carbons (Fsp3) is 0.600. The van der Waals surface area contributed by atoms with E-state index in [0.29, 0.717) is 19.3 Å². The summed E-state index contributed by atoms with van der Waals surface area (Å²) >= 11 is 0. The van der Waals surface area contributed by atoms with Crippen LogP contribution in [-0.4, -0.2) is 56.7 Å². The lowest BCUT2D eigenvalue weighted by molar-refractivity contribution is -0.140. The molecule has 2 rings (SSSR count). The number of esters is 1. The summed E-state index contributed by atoms with van der Waals surface area (Å²) in [6.07, 6.45) is 1.89. The number of hydrogen-bond donors (Lipinski definition) is 2. The summed E-state index contributed by atoms with van der Waals surface area (Å²) in [7, 11) is 3.04. The van der Waals surface area contributed by atoms with Gasteiger partial charge in [-0.1, -0.05) is 25.1 Å². The van der Waals surface area contributed by atoms with Crippen molar-refractivity contribution in [1.82, 2.24) is 15.8 Å². The number of piperazine rings is 1. The van der Waals surface area contributed by atoms with Crippen LogP contribution >= 0.6 is 0 Å². The fourth-order valence-electron chi connectivity index (χ4n) is 3.32. The molecule has 0 saturated carbocycles. The van der Waals surface area contributed by atoms with Crippen LogP contribution in [0, 0.1) is 0 Å². The minimum Gasteiger partial charge on any atom is -0.496 e. The lowest BCUT2D eigenvalue weighted by Crippen LogP contribution is -2.56. The topological polar surface area (TPSA) is 79.9 Å². The van der Waals surface area contributed by atoms with Gasteiger partial charge in [-0.3, -0.25) is 9.59 Å². The molecule has 0 radical (unpaired) electrons. The summed E-state index contributed by atoms with van der Waals surface area (Å²) in [6.45, 7) is 4.38. The number of nitrogens with one attached hydrogen (secondary N) is 2. The number of ether oxygens (including phenoxy) is 2. The third-order valence-electron chi connectivity index (χ3n) is 4.86.